The lowest BCUT2D eigenvalue weighted by atomic mass is 9.89. The maximum atomic E-state index is 12.3. The molecule has 0 saturated carbocycles. The summed E-state index contributed by atoms with van der Waals surface area (Å²) in [4.78, 5) is 25.3. The maximum Gasteiger partial charge on any atom is 0.311 e. The number of anilines is 2. The first-order valence-electron chi connectivity index (χ1n) is 6.38. The van der Waals surface area contributed by atoms with Crippen LogP contribution < -0.4 is 4.90 Å². The van der Waals surface area contributed by atoms with Crippen molar-refractivity contribution in [3.8, 4) is 0 Å². The van der Waals surface area contributed by atoms with E-state index in [0.29, 0.717) is 11.3 Å². The number of carboxylic acid groups (broad SMARTS) is 1. The Kier molecular flexibility index (Phi) is 2.99. The van der Waals surface area contributed by atoms with Crippen LogP contribution in [0.4, 0.5) is 11.4 Å². The number of benzene rings is 2. The van der Waals surface area contributed by atoms with E-state index in [9.17, 15) is 14.7 Å². The zero-order valence-corrected chi connectivity index (χ0v) is 10.7. The van der Waals surface area contributed by atoms with Crippen molar-refractivity contribution in [2.75, 3.05) is 4.90 Å². The van der Waals surface area contributed by atoms with Crippen LogP contribution in [0.2, 0.25) is 0 Å². The summed E-state index contributed by atoms with van der Waals surface area (Å²) in [5.41, 5.74) is 2.10. The molecule has 0 bridgehead atoms. The fourth-order valence-electron chi connectivity index (χ4n) is 2.58. The molecule has 0 radical (unpaired) electrons. The molecule has 1 unspecified atom stereocenters. The SMILES string of the molecule is O=C(O)C1CC(=O)N(c2ccccc2)c2ccccc21. The van der Waals surface area contributed by atoms with E-state index in [-0.39, 0.29) is 12.3 Å². The zero-order chi connectivity index (χ0) is 14.1. The van der Waals surface area contributed by atoms with Gasteiger partial charge < -0.3 is 5.11 Å². The van der Waals surface area contributed by atoms with Crippen LogP contribution in [-0.2, 0) is 9.59 Å². The first-order valence-corrected chi connectivity index (χ1v) is 6.38. The summed E-state index contributed by atoms with van der Waals surface area (Å²) in [6.07, 6.45) is -0.0127. The Hall–Kier alpha value is -2.62. The summed E-state index contributed by atoms with van der Waals surface area (Å²) >= 11 is 0. The van der Waals surface area contributed by atoms with Gasteiger partial charge in [-0.15, -0.1) is 0 Å². The van der Waals surface area contributed by atoms with Crippen LogP contribution in [0.25, 0.3) is 0 Å². The molecule has 4 nitrogen and oxygen atoms in total. The Labute approximate surface area is 116 Å². The topological polar surface area (TPSA) is 57.6 Å². The lowest BCUT2D eigenvalue weighted by molar-refractivity contribution is -0.140. The van der Waals surface area contributed by atoms with Crippen molar-refractivity contribution in [3.05, 3.63) is 60.2 Å². The number of para-hydroxylation sites is 2. The Morgan fingerprint density at radius 1 is 1.05 bits per heavy atom. The van der Waals surface area contributed by atoms with Gasteiger partial charge in [-0.1, -0.05) is 36.4 Å². The minimum absolute atomic E-state index is 0.0127. The number of rotatable bonds is 2. The lowest BCUT2D eigenvalue weighted by Gasteiger charge is -2.32. The molecule has 100 valence electrons. The molecule has 3 rings (SSSR count). The van der Waals surface area contributed by atoms with E-state index in [1.54, 1.807) is 23.1 Å². The van der Waals surface area contributed by atoms with Gasteiger partial charge in [0.2, 0.25) is 5.91 Å². The molecule has 1 N–H and O–H groups in total. The summed E-state index contributed by atoms with van der Waals surface area (Å²) in [5.74, 6) is -1.92. The monoisotopic (exact) mass is 267 g/mol. The quantitative estimate of drug-likeness (QED) is 0.910. The zero-order valence-electron chi connectivity index (χ0n) is 10.7. The van der Waals surface area contributed by atoms with Crippen molar-refractivity contribution in [3.63, 3.8) is 0 Å². The van der Waals surface area contributed by atoms with E-state index in [0.717, 1.165) is 5.69 Å². The number of fused-ring (bicyclic) bond motifs is 1. The third kappa shape index (κ3) is 1.95. The molecule has 0 spiro atoms. The van der Waals surface area contributed by atoms with Gasteiger partial charge in [0.1, 0.15) is 0 Å². The highest BCUT2D eigenvalue weighted by atomic mass is 16.4. The first kappa shape index (κ1) is 12.4. The second-order valence-corrected chi connectivity index (χ2v) is 4.72. The summed E-state index contributed by atoms with van der Waals surface area (Å²) in [6.45, 7) is 0. The predicted octanol–water partition coefficient (Wildman–Crippen LogP) is 2.92. The van der Waals surface area contributed by atoms with Crippen LogP contribution in [0.3, 0.4) is 0 Å². The molecule has 2 aromatic rings. The molecule has 2 aromatic carbocycles. The summed E-state index contributed by atoms with van der Waals surface area (Å²) < 4.78 is 0. The number of hydrogen-bond donors (Lipinski definition) is 1. The summed E-state index contributed by atoms with van der Waals surface area (Å²) in [6, 6.07) is 16.4. The lowest BCUT2D eigenvalue weighted by Crippen LogP contribution is -2.35. The van der Waals surface area contributed by atoms with Crippen LogP contribution in [0.15, 0.2) is 54.6 Å². The predicted molar refractivity (Wildman–Crippen MR) is 75.0 cm³/mol. The molecule has 1 atom stereocenters. The molecule has 1 aliphatic rings. The molecular formula is C16H13NO3. The van der Waals surface area contributed by atoms with Crippen molar-refractivity contribution in [1.82, 2.24) is 0 Å². The van der Waals surface area contributed by atoms with Crippen molar-refractivity contribution < 1.29 is 14.7 Å². The maximum absolute atomic E-state index is 12.3. The van der Waals surface area contributed by atoms with Gasteiger partial charge in [-0.05, 0) is 23.8 Å². The third-order valence-electron chi connectivity index (χ3n) is 3.49. The van der Waals surface area contributed by atoms with Crippen molar-refractivity contribution >= 4 is 23.3 Å². The second-order valence-electron chi connectivity index (χ2n) is 4.72. The number of carbonyl (C=O) groups excluding carboxylic acids is 1. The first-order chi connectivity index (χ1) is 9.68. The Bertz CT molecular complexity index is 666. The van der Waals surface area contributed by atoms with E-state index < -0.39 is 11.9 Å². The molecular weight excluding hydrogens is 254 g/mol. The van der Waals surface area contributed by atoms with E-state index in [1.165, 1.54) is 0 Å². The number of amides is 1. The van der Waals surface area contributed by atoms with E-state index in [2.05, 4.69) is 0 Å². The minimum atomic E-state index is -0.960. The van der Waals surface area contributed by atoms with Gasteiger partial charge in [0, 0.05) is 12.1 Å². The van der Waals surface area contributed by atoms with E-state index >= 15 is 0 Å². The van der Waals surface area contributed by atoms with E-state index in [1.807, 2.05) is 36.4 Å². The highest BCUT2D eigenvalue weighted by Gasteiger charge is 2.35. The van der Waals surface area contributed by atoms with Crippen LogP contribution in [-0.4, -0.2) is 17.0 Å². The molecule has 1 heterocycles. The van der Waals surface area contributed by atoms with Gasteiger partial charge in [0.25, 0.3) is 0 Å². The molecule has 0 fully saturated rings. The van der Waals surface area contributed by atoms with Gasteiger partial charge in [0.15, 0.2) is 0 Å². The van der Waals surface area contributed by atoms with Crippen LogP contribution in [0.5, 0.6) is 0 Å². The second kappa shape index (κ2) is 4.81. The normalized spacial score (nSPS) is 17.7. The molecule has 1 amide bonds. The number of aliphatic carboxylic acids is 1. The number of nitrogens with zero attached hydrogens (tertiary/aromatic N) is 1. The van der Waals surface area contributed by atoms with Crippen molar-refractivity contribution in [2.45, 2.75) is 12.3 Å². The standard InChI is InChI=1S/C16H13NO3/c18-15-10-13(16(19)20)12-8-4-5-9-14(12)17(15)11-6-2-1-3-7-11/h1-9,13H,10H2,(H,19,20). The molecule has 0 saturated heterocycles. The average Bonchev–Trinajstić information content (AvgIpc) is 2.47. The summed E-state index contributed by atoms with van der Waals surface area (Å²) in [7, 11) is 0. The van der Waals surface area contributed by atoms with Crippen molar-refractivity contribution in [1.29, 1.82) is 0 Å². The Balaban J connectivity index is 2.15. The Morgan fingerprint density at radius 3 is 2.40 bits per heavy atom. The minimum Gasteiger partial charge on any atom is -0.481 e. The molecule has 0 aliphatic carbocycles. The number of hydrogen-bond acceptors (Lipinski definition) is 2. The average molecular weight is 267 g/mol. The smallest absolute Gasteiger partial charge is 0.311 e. The molecule has 4 heteroatoms. The summed E-state index contributed by atoms with van der Waals surface area (Å²) in [5, 5.41) is 9.29. The van der Waals surface area contributed by atoms with Gasteiger partial charge in [0.05, 0.1) is 11.6 Å². The van der Waals surface area contributed by atoms with Gasteiger partial charge in [-0.2, -0.15) is 0 Å². The van der Waals surface area contributed by atoms with Crippen molar-refractivity contribution in [2.24, 2.45) is 0 Å². The molecule has 20 heavy (non-hydrogen) atoms. The third-order valence-corrected chi connectivity index (χ3v) is 3.49. The van der Waals surface area contributed by atoms with E-state index in [4.69, 9.17) is 0 Å². The molecule has 1 aliphatic heterocycles. The van der Waals surface area contributed by atoms with Crippen LogP contribution in [0, 0.1) is 0 Å². The fraction of sp³-hybridized carbons (Fsp3) is 0.125. The largest absolute Gasteiger partial charge is 0.481 e. The van der Waals surface area contributed by atoms with Gasteiger partial charge in [-0.25, -0.2) is 0 Å². The van der Waals surface area contributed by atoms with Crippen LogP contribution >= 0.6 is 0 Å². The fourth-order valence-corrected chi connectivity index (χ4v) is 2.58. The number of carbonyl (C=O) groups is 2. The van der Waals surface area contributed by atoms with Crippen LogP contribution in [0.1, 0.15) is 17.9 Å². The van der Waals surface area contributed by atoms with Gasteiger partial charge in [-0.3, -0.25) is 14.5 Å². The Morgan fingerprint density at radius 2 is 1.70 bits per heavy atom. The van der Waals surface area contributed by atoms with Gasteiger partial charge >= 0.3 is 5.97 Å². The highest BCUT2D eigenvalue weighted by Crippen LogP contribution is 2.39. The number of carboxylic acids is 1. The highest BCUT2D eigenvalue weighted by molar-refractivity contribution is 6.06. The molecule has 0 aromatic heterocycles.